The summed E-state index contributed by atoms with van der Waals surface area (Å²) >= 11 is 4.57. The summed E-state index contributed by atoms with van der Waals surface area (Å²) in [7, 11) is 6.59. The molecule has 2 aromatic heterocycles. The molecule has 4 amide bonds. The monoisotopic (exact) mass is 960 g/mol. The fraction of sp³-hybridized carbons (Fsp3) is 0.526. The molecule has 3 saturated heterocycles. The van der Waals surface area contributed by atoms with Crippen LogP contribution in [-0.2, 0) is 38.4 Å². The maximum absolute atomic E-state index is 14.3. The van der Waals surface area contributed by atoms with Gasteiger partial charge in [0.2, 0.25) is 0 Å². The Kier molecular flexibility index (Phi) is 14.2. The number of nitrogens with two attached hydrogens (primary N) is 1. The van der Waals surface area contributed by atoms with E-state index in [1.54, 1.807) is 0 Å². The molecule has 26 heteroatoms. The molecular formula is C38H48N12O10S4. The second-order valence-corrected chi connectivity index (χ2v) is 20.4. The van der Waals surface area contributed by atoms with Gasteiger partial charge in [-0.05, 0) is 0 Å². The molecule has 0 spiro atoms. The van der Waals surface area contributed by atoms with Crippen molar-refractivity contribution in [2.75, 3.05) is 90.1 Å². The number of oxime groups is 2. The number of hydrogen-bond donors (Lipinski definition) is 5. The lowest BCUT2D eigenvalue weighted by molar-refractivity contribution is -0.893. The van der Waals surface area contributed by atoms with Crippen LogP contribution in [0.3, 0.4) is 0 Å². The number of amides is 4. The van der Waals surface area contributed by atoms with Crippen LogP contribution in [0, 0.1) is 0 Å². The summed E-state index contributed by atoms with van der Waals surface area (Å²) in [6.07, 6.45) is 4.08. The highest BCUT2D eigenvalue weighted by atomic mass is 32.2. The van der Waals surface area contributed by atoms with Gasteiger partial charge < -0.3 is 60.1 Å². The number of fused-ring (bicyclic) bond motifs is 1. The highest BCUT2D eigenvalue weighted by Gasteiger charge is 2.55. The first-order chi connectivity index (χ1) is 30.5. The third kappa shape index (κ3) is 10.00. The lowest BCUT2D eigenvalue weighted by atomic mass is 10.0. The molecule has 344 valence electrons. The summed E-state index contributed by atoms with van der Waals surface area (Å²) in [6.45, 7) is 4.51. The molecular weight excluding hydrogens is 913 g/mol. The van der Waals surface area contributed by atoms with Gasteiger partial charge in [0.15, 0.2) is 21.7 Å². The van der Waals surface area contributed by atoms with Gasteiger partial charge in [-0.1, -0.05) is 10.3 Å². The van der Waals surface area contributed by atoms with Gasteiger partial charge in [0.25, 0.3) is 23.6 Å². The maximum Gasteiger partial charge on any atom is 0.276 e. The van der Waals surface area contributed by atoms with Crippen LogP contribution in [-0.4, -0.2) is 173 Å². The lowest BCUT2D eigenvalue weighted by Gasteiger charge is -2.50. The molecule has 7 heterocycles. The topological polar surface area (TPSA) is 295 Å². The third-order valence-electron chi connectivity index (χ3n) is 11.6. The highest BCUT2D eigenvalue weighted by Crippen LogP contribution is 2.42. The van der Waals surface area contributed by atoms with E-state index in [-0.39, 0.29) is 44.5 Å². The molecule has 64 heavy (non-hydrogen) atoms. The lowest BCUT2D eigenvalue weighted by Crippen LogP contribution is -2.71. The van der Waals surface area contributed by atoms with E-state index in [1.807, 2.05) is 7.05 Å². The number of aromatic nitrogens is 2. The van der Waals surface area contributed by atoms with Crippen molar-refractivity contribution in [1.82, 2.24) is 30.8 Å². The summed E-state index contributed by atoms with van der Waals surface area (Å²) in [5, 5.41) is 44.3. The quantitative estimate of drug-likeness (QED) is 0.0476. The van der Waals surface area contributed by atoms with Crippen LogP contribution < -0.4 is 37.2 Å². The maximum atomic E-state index is 14.3. The largest absolute Gasteiger partial charge is 0.548 e. The number of likely N-dealkylation sites (N-methyl/N-ethyl adjacent to an activating group) is 2. The first kappa shape index (κ1) is 46.7. The van der Waals surface area contributed by atoms with Crippen LogP contribution in [0.25, 0.3) is 0 Å². The Bertz CT molecular complexity index is 2330. The Morgan fingerprint density at radius 1 is 0.891 bits per heavy atom. The minimum atomic E-state index is -1.74. The molecule has 5 aliphatic heterocycles. The van der Waals surface area contributed by atoms with Crippen molar-refractivity contribution in [2.24, 2.45) is 10.3 Å². The van der Waals surface area contributed by atoms with Gasteiger partial charge in [-0.25, -0.2) is 9.97 Å². The number of thiazole rings is 2. The number of likely N-dealkylation sites (tertiary alicyclic amines) is 2. The average Bonchev–Trinajstić information content (AvgIpc) is 4.09. The smallest absolute Gasteiger partial charge is 0.276 e. The van der Waals surface area contributed by atoms with E-state index in [2.05, 4.69) is 48.6 Å². The molecule has 0 saturated carbocycles. The standard InChI is InChI=1S/C38H48N12O10S4/c1-49(9-5-6-10-49)13-19-15-61-32(44-23(19)35(55)56)26(36(57)58)42-29(51)25(47-60-4)22-18-64-38(41-22)45-31(53)28-20(14-50(2)11-7-8-12-50)16-62-34-27(33(54)48(28)34)43-30(52)24(46-59-3)21-17-63-37(39)40-21/h17-18,26-27,32,34,44H,5-16H2,1-4H3,(H5-2,39,40,41,42,43,45,51,52,53,55,56,57,58)/b46-24-,47-25-/t26?,27-,32?,34-/m1/s1. The molecule has 4 atom stereocenters. The molecule has 0 radical (unpaired) electrons. The Morgan fingerprint density at radius 2 is 1.47 bits per heavy atom. The summed E-state index contributed by atoms with van der Waals surface area (Å²) in [6, 6.07) is -2.74. The van der Waals surface area contributed by atoms with Gasteiger partial charge in [0.1, 0.15) is 55.8 Å². The zero-order valence-corrected chi connectivity index (χ0v) is 38.6. The number of quaternary nitrogens is 2. The van der Waals surface area contributed by atoms with E-state index in [9.17, 15) is 39.0 Å². The molecule has 0 bridgehead atoms. The fourth-order valence-corrected chi connectivity index (χ4v) is 12.3. The number of nitrogen functional groups attached to an aromatic ring is 1. The normalized spacial score (nSPS) is 23.4. The van der Waals surface area contributed by atoms with Crippen LogP contribution in [0.5, 0.6) is 0 Å². The van der Waals surface area contributed by atoms with Crippen molar-refractivity contribution in [3.05, 3.63) is 44.7 Å². The molecule has 7 rings (SSSR count). The molecule has 22 nitrogen and oxygen atoms in total. The van der Waals surface area contributed by atoms with E-state index >= 15 is 0 Å². The summed E-state index contributed by atoms with van der Waals surface area (Å²) in [5.41, 5.74) is 6.46. The van der Waals surface area contributed by atoms with Crippen molar-refractivity contribution in [1.29, 1.82) is 0 Å². The number of carbonyl (C=O) groups excluding carboxylic acids is 6. The number of hydrogen-bond acceptors (Lipinski definition) is 20. The molecule has 3 fully saturated rings. The number of aliphatic carboxylic acids is 2. The van der Waals surface area contributed by atoms with Crippen molar-refractivity contribution in [2.45, 2.75) is 48.5 Å². The average molecular weight is 961 g/mol. The van der Waals surface area contributed by atoms with E-state index in [1.165, 1.54) is 41.6 Å². The van der Waals surface area contributed by atoms with Gasteiger partial charge in [0, 0.05) is 59.1 Å². The minimum Gasteiger partial charge on any atom is -0.548 e. The van der Waals surface area contributed by atoms with Crippen LogP contribution in [0.4, 0.5) is 10.3 Å². The van der Waals surface area contributed by atoms with Gasteiger partial charge in [0.05, 0.1) is 69.3 Å². The SMILES string of the molecule is CO/N=C(\C(=O)NC(C(=O)[O-])C1NC(C(=O)[O-])=C(C[N+]2(C)CCCC2)CS1)c1csc(NC(=O)C2=C(C[N+]3(C)CCCC3)CS[C@@H]3[C@H](NC(=O)/C(=N\OC)c4csc(N)n4)C(=O)N23)n1. The summed E-state index contributed by atoms with van der Waals surface area (Å²) < 4.78 is 1.32. The van der Waals surface area contributed by atoms with Gasteiger partial charge >= 0.3 is 0 Å². The fourth-order valence-electron chi connectivity index (χ4n) is 8.57. The van der Waals surface area contributed by atoms with E-state index in [0.29, 0.717) is 33.4 Å². The zero-order valence-electron chi connectivity index (χ0n) is 35.4. The molecule has 5 aliphatic rings. The first-order valence-corrected chi connectivity index (χ1v) is 24.1. The van der Waals surface area contributed by atoms with Crippen molar-refractivity contribution >= 4 is 103 Å². The minimum absolute atomic E-state index is 0.0205. The predicted octanol–water partition coefficient (Wildman–Crippen LogP) is -2.44. The van der Waals surface area contributed by atoms with Crippen molar-refractivity contribution in [3.63, 3.8) is 0 Å². The number of anilines is 2. The Hall–Kier alpha value is -5.28. The summed E-state index contributed by atoms with van der Waals surface area (Å²) in [5.74, 6) is -5.51. The molecule has 0 aliphatic carbocycles. The number of carboxylic acid groups (broad SMARTS) is 2. The molecule has 0 aromatic carbocycles. The number of nitrogens with zero attached hydrogens (tertiary/aromatic N) is 7. The number of carboxylic acids is 2. The number of nitrogens with one attached hydrogen (secondary N) is 4. The van der Waals surface area contributed by atoms with Gasteiger partial charge in [-0.15, -0.1) is 46.2 Å². The zero-order chi connectivity index (χ0) is 45.9. The predicted molar refractivity (Wildman–Crippen MR) is 235 cm³/mol. The Balaban J connectivity index is 1.07. The number of carbonyl (C=O) groups is 6. The number of thioether (sulfide) groups is 2. The van der Waals surface area contributed by atoms with E-state index < -0.39 is 64.1 Å². The number of rotatable bonds is 17. The Labute approximate surface area is 383 Å². The third-order valence-corrected chi connectivity index (χ3v) is 15.7. The Morgan fingerprint density at radius 3 is 2.05 bits per heavy atom. The van der Waals surface area contributed by atoms with E-state index in [4.69, 9.17) is 15.4 Å². The number of β-lactam (4-membered cyclic amide) rings is 1. The highest BCUT2D eigenvalue weighted by molar-refractivity contribution is 8.00. The first-order valence-electron chi connectivity index (χ1n) is 20.2. The van der Waals surface area contributed by atoms with Gasteiger partial charge in [-0.3, -0.25) is 29.4 Å². The van der Waals surface area contributed by atoms with Crippen LogP contribution in [0.2, 0.25) is 0 Å². The second kappa shape index (κ2) is 19.4. The van der Waals surface area contributed by atoms with Crippen molar-refractivity contribution in [3.8, 4) is 0 Å². The molecule has 2 aromatic rings. The van der Waals surface area contributed by atoms with E-state index in [0.717, 1.165) is 91.9 Å². The second-order valence-electron chi connectivity index (χ2n) is 16.4. The van der Waals surface area contributed by atoms with Crippen LogP contribution in [0.1, 0.15) is 37.1 Å². The van der Waals surface area contributed by atoms with Crippen molar-refractivity contribution < 1.29 is 57.6 Å². The van der Waals surface area contributed by atoms with Crippen LogP contribution >= 0.6 is 46.2 Å². The van der Waals surface area contributed by atoms with Gasteiger partial charge in [-0.2, -0.15) is 0 Å². The molecule has 6 N–H and O–H groups in total. The summed E-state index contributed by atoms with van der Waals surface area (Å²) in [4.78, 5) is 99.8. The van der Waals surface area contributed by atoms with Crippen LogP contribution in [0.15, 0.2) is 43.6 Å². The molecule has 2 unspecified atom stereocenters.